The molecule has 128 valence electrons. The molecular weight excluding hydrogens is 322 g/mol. The van der Waals surface area contributed by atoms with Gasteiger partial charge in [0.15, 0.2) is 17.2 Å². The lowest BCUT2D eigenvalue weighted by Crippen LogP contribution is -2.12. The van der Waals surface area contributed by atoms with Crippen LogP contribution in [0.1, 0.15) is 10.5 Å². The van der Waals surface area contributed by atoms with Gasteiger partial charge in [-0.3, -0.25) is 4.79 Å². The number of hydrogen-bond acceptors (Lipinski definition) is 6. The number of oxazole rings is 1. The first-order chi connectivity index (χ1) is 12.1. The van der Waals surface area contributed by atoms with E-state index >= 15 is 0 Å². The Labute approximate surface area is 144 Å². The van der Waals surface area contributed by atoms with E-state index in [1.807, 2.05) is 0 Å². The van der Waals surface area contributed by atoms with E-state index in [9.17, 15) is 4.79 Å². The second kappa shape index (κ2) is 6.96. The molecule has 0 aliphatic rings. The SMILES string of the molecule is COc1ccc(NC(=O)c2coc(-c3ccc(N)cc3)n2)cc1OC. The number of nitrogens with one attached hydrogen (secondary N) is 1. The van der Waals surface area contributed by atoms with Gasteiger partial charge in [0.25, 0.3) is 5.91 Å². The van der Waals surface area contributed by atoms with Crippen molar-refractivity contribution in [1.82, 2.24) is 4.98 Å². The molecule has 25 heavy (non-hydrogen) atoms. The number of nitrogens with two attached hydrogens (primary N) is 1. The van der Waals surface area contributed by atoms with Crippen LogP contribution in [0.5, 0.6) is 11.5 Å². The van der Waals surface area contributed by atoms with Crippen LogP contribution in [0, 0.1) is 0 Å². The smallest absolute Gasteiger partial charge is 0.277 e. The van der Waals surface area contributed by atoms with Crippen molar-refractivity contribution in [2.75, 3.05) is 25.3 Å². The first-order valence-corrected chi connectivity index (χ1v) is 7.45. The maximum atomic E-state index is 12.3. The van der Waals surface area contributed by atoms with Crippen LogP contribution in [0.3, 0.4) is 0 Å². The number of aromatic nitrogens is 1. The highest BCUT2D eigenvalue weighted by Crippen LogP contribution is 2.30. The Morgan fingerprint density at radius 2 is 1.80 bits per heavy atom. The van der Waals surface area contributed by atoms with Crippen molar-refractivity contribution in [3.05, 3.63) is 54.4 Å². The number of nitrogens with zero attached hydrogens (tertiary/aromatic N) is 1. The van der Waals surface area contributed by atoms with Crippen molar-refractivity contribution < 1.29 is 18.7 Å². The highest BCUT2D eigenvalue weighted by molar-refractivity contribution is 6.03. The summed E-state index contributed by atoms with van der Waals surface area (Å²) in [6.07, 6.45) is 1.31. The third kappa shape index (κ3) is 3.55. The van der Waals surface area contributed by atoms with Crippen molar-refractivity contribution in [3.8, 4) is 23.0 Å². The lowest BCUT2D eigenvalue weighted by molar-refractivity contribution is 0.102. The summed E-state index contributed by atoms with van der Waals surface area (Å²) < 4.78 is 15.8. The molecule has 0 bridgehead atoms. The van der Waals surface area contributed by atoms with Gasteiger partial charge in [0, 0.05) is 23.0 Å². The lowest BCUT2D eigenvalue weighted by Gasteiger charge is -2.09. The van der Waals surface area contributed by atoms with Crippen LogP contribution in [-0.4, -0.2) is 25.1 Å². The van der Waals surface area contributed by atoms with Crippen LogP contribution < -0.4 is 20.5 Å². The maximum Gasteiger partial charge on any atom is 0.277 e. The fourth-order valence-corrected chi connectivity index (χ4v) is 2.25. The predicted octanol–water partition coefficient (Wildman–Crippen LogP) is 3.19. The van der Waals surface area contributed by atoms with Crippen molar-refractivity contribution >= 4 is 17.3 Å². The third-order valence-electron chi connectivity index (χ3n) is 3.54. The van der Waals surface area contributed by atoms with Gasteiger partial charge in [-0.05, 0) is 36.4 Å². The molecule has 0 spiro atoms. The molecule has 0 atom stereocenters. The van der Waals surface area contributed by atoms with E-state index in [2.05, 4.69) is 10.3 Å². The minimum absolute atomic E-state index is 0.168. The molecule has 0 saturated carbocycles. The summed E-state index contributed by atoms with van der Waals surface area (Å²) in [5, 5.41) is 2.74. The second-order valence-electron chi connectivity index (χ2n) is 5.18. The van der Waals surface area contributed by atoms with Crippen molar-refractivity contribution in [3.63, 3.8) is 0 Å². The summed E-state index contributed by atoms with van der Waals surface area (Å²) in [6, 6.07) is 12.1. The number of rotatable bonds is 5. The molecule has 7 heteroatoms. The van der Waals surface area contributed by atoms with Crippen molar-refractivity contribution in [2.45, 2.75) is 0 Å². The normalized spacial score (nSPS) is 10.3. The fraction of sp³-hybridized carbons (Fsp3) is 0.111. The molecule has 0 aliphatic heterocycles. The zero-order valence-corrected chi connectivity index (χ0v) is 13.8. The molecule has 2 aromatic carbocycles. The van der Waals surface area contributed by atoms with Crippen LogP contribution in [0.15, 0.2) is 53.1 Å². The van der Waals surface area contributed by atoms with E-state index in [1.165, 1.54) is 13.4 Å². The Morgan fingerprint density at radius 1 is 1.08 bits per heavy atom. The molecule has 3 rings (SSSR count). The standard InChI is InChI=1S/C18H17N3O4/c1-23-15-8-7-13(9-16(15)24-2)20-17(22)14-10-25-18(21-14)11-3-5-12(19)6-4-11/h3-10H,19H2,1-2H3,(H,20,22). The molecule has 1 heterocycles. The van der Waals surface area contributed by atoms with Crippen molar-refractivity contribution in [2.24, 2.45) is 0 Å². The number of benzene rings is 2. The number of carbonyl (C=O) groups is 1. The van der Waals surface area contributed by atoms with E-state index in [4.69, 9.17) is 19.6 Å². The highest BCUT2D eigenvalue weighted by Gasteiger charge is 2.14. The average molecular weight is 339 g/mol. The Kier molecular flexibility index (Phi) is 4.56. The zero-order valence-electron chi connectivity index (χ0n) is 13.8. The first-order valence-electron chi connectivity index (χ1n) is 7.45. The van der Waals surface area contributed by atoms with Crippen LogP contribution in [0.25, 0.3) is 11.5 Å². The largest absolute Gasteiger partial charge is 0.493 e. The second-order valence-corrected chi connectivity index (χ2v) is 5.18. The third-order valence-corrected chi connectivity index (χ3v) is 3.54. The molecule has 7 nitrogen and oxygen atoms in total. The Morgan fingerprint density at radius 3 is 2.48 bits per heavy atom. The van der Waals surface area contributed by atoms with Crippen LogP contribution >= 0.6 is 0 Å². The molecule has 1 aromatic heterocycles. The van der Waals surface area contributed by atoms with Gasteiger partial charge in [-0.25, -0.2) is 4.98 Å². The summed E-state index contributed by atoms with van der Waals surface area (Å²) in [7, 11) is 3.07. The zero-order chi connectivity index (χ0) is 17.8. The van der Waals surface area contributed by atoms with Gasteiger partial charge in [-0.1, -0.05) is 0 Å². The average Bonchev–Trinajstić information content (AvgIpc) is 3.12. The minimum atomic E-state index is -0.391. The molecule has 3 aromatic rings. The Balaban J connectivity index is 1.77. The molecular formula is C18H17N3O4. The lowest BCUT2D eigenvalue weighted by atomic mass is 10.2. The summed E-state index contributed by atoms with van der Waals surface area (Å²) in [5.41, 5.74) is 7.75. The van der Waals surface area contributed by atoms with Gasteiger partial charge in [0.05, 0.1) is 14.2 Å². The van der Waals surface area contributed by atoms with Gasteiger partial charge in [0.2, 0.25) is 5.89 Å². The predicted molar refractivity (Wildman–Crippen MR) is 93.9 cm³/mol. The summed E-state index contributed by atoms with van der Waals surface area (Å²) >= 11 is 0. The van der Waals surface area contributed by atoms with Gasteiger partial charge in [0.1, 0.15) is 6.26 Å². The van der Waals surface area contributed by atoms with E-state index in [1.54, 1.807) is 49.6 Å². The molecule has 1 amide bonds. The van der Waals surface area contributed by atoms with E-state index < -0.39 is 5.91 Å². The van der Waals surface area contributed by atoms with Gasteiger partial charge >= 0.3 is 0 Å². The number of ether oxygens (including phenoxy) is 2. The molecule has 0 radical (unpaired) electrons. The van der Waals surface area contributed by atoms with Crippen LogP contribution in [0.2, 0.25) is 0 Å². The van der Waals surface area contributed by atoms with Crippen LogP contribution in [-0.2, 0) is 0 Å². The topological polar surface area (TPSA) is 99.6 Å². The molecule has 0 aliphatic carbocycles. The van der Waals surface area contributed by atoms with Crippen molar-refractivity contribution in [1.29, 1.82) is 0 Å². The molecule has 3 N–H and O–H groups in total. The number of nitrogen functional groups attached to an aromatic ring is 1. The van der Waals surface area contributed by atoms with Crippen LogP contribution in [0.4, 0.5) is 11.4 Å². The summed E-state index contributed by atoms with van der Waals surface area (Å²) in [5.74, 6) is 1.05. The van der Waals surface area contributed by atoms with E-state index in [0.717, 1.165) is 5.56 Å². The van der Waals surface area contributed by atoms with Gasteiger partial charge in [-0.15, -0.1) is 0 Å². The van der Waals surface area contributed by atoms with Gasteiger partial charge < -0.3 is 24.9 Å². The highest BCUT2D eigenvalue weighted by atomic mass is 16.5. The Hall–Kier alpha value is -3.48. The number of anilines is 2. The van der Waals surface area contributed by atoms with E-state index in [-0.39, 0.29) is 5.69 Å². The quantitative estimate of drug-likeness (QED) is 0.693. The fourth-order valence-electron chi connectivity index (χ4n) is 2.25. The molecule has 0 unspecified atom stereocenters. The monoisotopic (exact) mass is 339 g/mol. The number of carbonyl (C=O) groups excluding carboxylic acids is 1. The minimum Gasteiger partial charge on any atom is -0.493 e. The maximum absolute atomic E-state index is 12.3. The molecule has 0 fully saturated rings. The number of methoxy groups -OCH3 is 2. The Bertz CT molecular complexity index is 888. The summed E-state index contributed by atoms with van der Waals surface area (Å²) in [4.78, 5) is 16.5. The first kappa shape index (κ1) is 16.4. The van der Waals surface area contributed by atoms with Gasteiger partial charge in [-0.2, -0.15) is 0 Å². The molecule has 0 saturated heterocycles. The number of amides is 1. The number of hydrogen-bond donors (Lipinski definition) is 2. The summed E-state index contributed by atoms with van der Waals surface area (Å²) in [6.45, 7) is 0. The van der Waals surface area contributed by atoms with E-state index in [0.29, 0.717) is 28.8 Å².